The molecule has 1 N–H and O–H groups in total. The predicted molar refractivity (Wildman–Crippen MR) is 97.8 cm³/mol. The number of carbonyl (C=O) groups excluding carboxylic acids is 1. The number of anilines is 1. The zero-order valence-electron chi connectivity index (χ0n) is 14.3. The van der Waals surface area contributed by atoms with Crippen LogP contribution in [0.1, 0.15) is 22.5 Å². The van der Waals surface area contributed by atoms with Crippen LogP contribution in [0.2, 0.25) is 0 Å². The minimum atomic E-state index is 0.0911. The smallest absolute Gasteiger partial charge is 0.253 e. The molecule has 25 heavy (non-hydrogen) atoms. The Morgan fingerprint density at radius 1 is 1.04 bits per heavy atom. The van der Waals surface area contributed by atoms with E-state index in [9.17, 15) is 4.79 Å². The van der Waals surface area contributed by atoms with Gasteiger partial charge in [0.05, 0.1) is 5.69 Å². The Labute approximate surface area is 146 Å². The second kappa shape index (κ2) is 6.55. The van der Waals surface area contributed by atoms with Gasteiger partial charge in [-0.05, 0) is 49.1 Å². The molecule has 4 rings (SSSR count). The molecule has 6 nitrogen and oxygen atoms in total. The summed E-state index contributed by atoms with van der Waals surface area (Å²) in [6.45, 7) is 5.04. The molecule has 0 spiro atoms. The van der Waals surface area contributed by atoms with Gasteiger partial charge < -0.3 is 14.8 Å². The molecule has 1 aliphatic heterocycles. The van der Waals surface area contributed by atoms with Crippen LogP contribution >= 0.6 is 0 Å². The maximum absolute atomic E-state index is 12.9. The number of fused-ring (bicyclic) bond motifs is 1. The minimum Gasteiger partial charge on any atom is -0.361 e. The topological polar surface area (TPSA) is 65.1 Å². The number of H-pyrrole nitrogens is 1. The number of aryl methyl sites for hydroxylation is 1. The van der Waals surface area contributed by atoms with E-state index in [1.807, 2.05) is 54.4 Å². The second-order valence-corrected chi connectivity index (χ2v) is 6.45. The number of nitrogens with one attached hydrogen (secondary N) is 1. The zero-order valence-corrected chi connectivity index (χ0v) is 14.3. The summed E-state index contributed by atoms with van der Waals surface area (Å²) in [6.07, 6.45) is 2.82. The van der Waals surface area contributed by atoms with Crippen LogP contribution in [-0.4, -0.2) is 52.2 Å². The number of carbonyl (C=O) groups is 1. The first kappa shape index (κ1) is 15.6. The molecule has 3 aromatic rings. The van der Waals surface area contributed by atoms with Gasteiger partial charge in [-0.15, -0.1) is 5.10 Å². The van der Waals surface area contributed by atoms with Gasteiger partial charge in [-0.1, -0.05) is 6.07 Å². The van der Waals surface area contributed by atoms with E-state index in [-0.39, 0.29) is 5.91 Å². The summed E-state index contributed by atoms with van der Waals surface area (Å²) < 4.78 is 0. The van der Waals surface area contributed by atoms with Crippen molar-refractivity contribution in [3.05, 3.63) is 53.9 Å². The van der Waals surface area contributed by atoms with Crippen LogP contribution in [-0.2, 0) is 0 Å². The maximum Gasteiger partial charge on any atom is 0.253 e. The molecule has 1 aliphatic rings. The molecule has 0 radical (unpaired) electrons. The molecule has 1 saturated heterocycles. The van der Waals surface area contributed by atoms with E-state index in [1.165, 1.54) is 0 Å². The average molecular weight is 335 g/mol. The van der Waals surface area contributed by atoms with E-state index < -0.39 is 0 Å². The summed E-state index contributed by atoms with van der Waals surface area (Å²) in [5.74, 6) is 0.973. The molecule has 1 amide bonds. The summed E-state index contributed by atoms with van der Waals surface area (Å²) >= 11 is 0. The molecule has 3 heterocycles. The van der Waals surface area contributed by atoms with Crippen molar-refractivity contribution in [3.8, 4) is 0 Å². The van der Waals surface area contributed by atoms with Crippen LogP contribution in [0.3, 0.4) is 0 Å². The molecule has 0 atom stereocenters. The first-order chi connectivity index (χ1) is 12.2. The molecular formula is C19H21N5O. The summed E-state index contributed by atoms with van der Waals surface area (Å²) in [4.78, 5) is 20.2. The van der Waals surface area contributed by atoms with Crippen molar-refractivity contribution in [2.45, 2.75) is 13.3 Å². The predicted octanol–water partition coefficient (Wildman–Crippen LogP) is 2.62. The Balaban J connectivity index is 1.48. The highest BCUT2D eigenvalue weighted by Crippen LogP contribution is 2.18. The molecule has 0 unspecified atom stereocenters. The number of hydrogen-bond acceptors (Lipinski definition) is 4. The van der Waals surface area contributed by atoms with Crippen molar-refractivity contribution in [1.29, 1.82) is 0 Å². The Bertz CT molecular complexity index is 886. The second-order valence-electron chi connectivity index (χ2n) is 6.45. The molecule has 1 fully saturated rings. The van der Waals surface area contributed by atoms with Crippen LogP contribution in [0.25, 0.3) is 10.9 Å². The third kappa shape index (κ3) is 3.20. The third-order valence-corrected chi connectivity index (χ3v) is 4.69. The first-order valence-corrected chi connectivity index (χ1v) is 8.62. The lowest BCUT2D eigenvalue weighted by Crippen LogP contribution is -2.35. The van der Waals surface area contributed by atoms with Crippen LogP contribution in [0.5, 0.6) is 0 Å². The SMILES string of the molecule is Cc1ccc(N2CCCN(C(=O)c3ccc4cc[nH]c4c3)CC2)nn1. The van der Waals surface area contributed by atoms with Crippen molar-refractivity contribution < 1.29 is 4.79 Å². The number of rotatable bonds is 2. The lowest BCUT2D eigenvalue weighted by Gasteiger charge is -2.22. The molecule has 0 saturated carbocycles. The Morgan fingerprint density at radius 3 is 2.80 bits per heavy atom. The fraction of sp³-hybridized carbons (Fsp3) is 0.316. The van der Waals surface area contributed by atoms with Gasteiger partial charge in [0, 0.05) is 43.5 Å². The lowest BCUT2D eigenvalue weighted by atomic mass is 10.1. The third-order valence-electron chi connectivity index (χ3n) is 4.69. The lowest BCUT2D eigenvalue weighted by molar-refractivity contribution is 0.0767. The number of benzene rings is 1. The van der Waals surface area contributed by atoms with Crippen LogP contribution in [0, 0.1) is 6.92 Å². The quantitative estimate of drug-likeness (QED) is 0.782. The summed E-state index contributed by atoms with van der Waals surface area (Å²) in [5.41, 5.74) is 2.64. The normalized spacial score (nSPS) is 15.4. The number of amides is 1. The van der Waals surface area contributed by atoms with Gasteiger partial charge >= 0.3 is 0 Å². The highest BCUT2D eigenvalue weighted by atomic mass is 16.2. The highest BCUT2D eigenvalue weighted by molar-refractivity contribution is 5.98. The first-order valence-electron chi connectivity index (χ1n) is 8.62. The Morgan fingerprint density at radius 2 is 1.96 bits per heavy atom. The maximum atomic E-state index is 12.9. The van der Waals surface area contributed by atoms with Crippen molar-refractivity contribution in [1.82, 2.24) is 20.1 Å². The van der Waals surface area contributed by atoms with E-state index in [4.69, 9.17) is 0 Å². The number of hydrogen-bond donors (Lipinski definition) is 1. The van der Waals surface area contributed by atoms with Gasteiger partial charge in [-0.2, -0.15) is 5.10 Å². The number of aromatic amines is 1. The molecule has 0 aliphatic carbocycles. The molecule has 1 aromatic carbocycles. The fourth-order valence-corrected chi connectivity index (χ4v) is 3.27. The van der Waals surface area contributed by atoms with Crippen LogP contribution < -0.4 is 4.90 Å². The molecule has 2 aromatic heterocycles. The fourth-order valence-electron chi connectivity index (χ4n) is 3.27. The van der Waals surface area contributed by atoms with Gasteiger partial charge in [0.2, 0.25) is 0 Å². The van der Waals surface area contributed by atoms with Gasteiger partial charge in [0.15, 0.2) is 5.82 Å². The summed E-state index contributed by atoms with van der Waals surface area (Å²) in [6, 6.07) is 11.8. The Kier molecular flexibility index (Phi) is 4.09. The number of nitrogens with zero attached hydrogens (tertiary/aromatic N) is 4. The van der Waals surface area contributed by atoms with Crippen LogP contribution in [0.4, 0.5) is 5.82 Å². The van der Waals surface area contributed by atoms with Crippen molar-refractivity contribution >= 4 is 22.6 Å². The largest absolute Gasteiger partial charge is 0.361 e. The average Bonchev–Trinajstić information content (AvgIpc) is 2.97. The molecule has 6 heteroatoms. The summed E-state index contributed by atoms with van der Waals surface area (Å²) in [7, 11) is 0. The van der Waals surface area contributed by atoms with Crippen molar-refractivity contribution in [3.63, 3.8) is 0 Å². The molecular weight excluding hydrogens is 314 g/mol. The van der Waals surface area contributed by atoms with Gasteiger partial charge in [0.25, 0.3) is 5.91 Å². The van der Waals surface area contributed by atoms with Crippen molar-refractivity contribution in [2.24, 2.45) is 0 Å². The monoisotopic (exact) mass is 335 g/mol. The van der Waals surface area contributed by atoms with Gasteiger partial charge in [-0.3, -0.25) is 4.79 Å². The van der Waals surface area contributed by atoms with Gasteiger partial charge in [-0.25, -0.2) is 0 Å². The van der Waals surface area contributed by atoms with Gasteiger partial charge in [0.1, 0.15) is 0 Å². The van der Waals surface area contributed by atoms with E-state index in [0.717, 1.165) is 54.0 Å². The summed E-state index contributed by atoms with van der Waals surface area (Å²) in [5, 5.41) is 9.52. The standard InChI is InChI=1S/C19H21N5O/c1-14-3-6-18(22-21-14)23-9-2-10-24(12-11-23)19(25)16-5-4-15-7-8-20-17(15)13-16/h3-8,13,20H,2,9-12H2,1H3. The van der Waals surface area contributed by atoms with Crippen molar-refractivity contribution in [2.75, 3.05) is 31.1 Å². The molecule has 0 bridgehead atoms. The minimum absolute atomic E-state index is 0.0911. The molecule has 128 valence electrons. The number of aromatic nitrogens is 3. The Hall–Kier alpha value is -2.89. The van der Waals surface area contributed by atoms with E-state index in [1.54, 1.807) is 0 Å². The highest BCUT2D eigenvalue weighted by Gasteiger charge is 2.21. The van der Waals surface area contributed by atoms with Crippen LogP contribution in [0.15, 0.2) is 42.6 Å². The van der Waals surface area contributed by atoms with E-state index in [2.05, 4.69) is 20.1 Å². The zero-order chi connectivity index (χ0) is 17.2. The van der Waals surface area contributed by atoms with E-state index in [0.29, 0.717) is 6.54 Å². The van der Waals surface area contributed by atoms with E-state index >= 15 is 0 Å².